The van der Waals surface area contributed by atoms with Crippen molar-refractivity contribution >= 4 is 0 Å². The van der Waals surface area contributed by atoms with Crippen molar-refractivity contribution < 1.29 is 17.9 Å². The summed E-state index contributed by atoms with van der Waals surface area (Å²) in [5.74, 6) is 0. The number of halogens is 3. The maximum Gasteiger partial charge on any atom is 0.522 e. The van der Waals surface area contributed by atoms with Crippen molar-refractivity contribution in [2.75, 3.05) is 19.7 Å². The third kappa shape index (κ3) is 5.69. The van der Waals surface area contributed by atoms with E-state index in [-0.39, 0.29) is 0 Å². The highest BCUT2D eigenvalue weighted by Crippen LogP contribution is 2.31. The van der Waals surface area contributed by atoms with Crippen LogP contribution in [0.15, 0.2) is 47.3 Å². The van der Waals surface area contributed by atoms with E-state index in [1.165, 1.54) is 11.6 Å². The third-order valence-corrected chi connectivity index (χ3v) is 3.23. The van der Waals surface area contributed by atoms with Gasteiger partial charge in [-0.25, -0.2) is 0 Å². The van der Waals surface area contributed by atoms with E-state index in [1.807, 2.05) is 26.0 Å². The van der Waals surface area contributed by atoms with Crippen molar-refractivity contribution in [3.63, 3.8) is 0 Å². The van der Waals surface area contributed by atoms with Crippen LogP contribution >= 0.6 is 0 Å². The average Bonchev–Trinajstić information content (AvgIpc) is 2.82. The van der Waals surface area contributed by atoms with Gasteiger partial charge in [-0.05, 0) is 31.4 Å². The molecule has 0 saturated carbocycles. The molecule has 124 valence electrons. The molecule has 2 N–H and O–H groups in total. The second-order valence-corrected chi connectivity index (χ2v) is 4.74. The Morgan fingerprint density at radius 2 is 2.09 bits per heavy atom. The molecule has 1 fully saturated rings. The first-order valence-corrected chi connectivity index (χ1v) is 7.33. The van der Waals surface area contributed by atoms with Gasteiger partial charge in [-0.1, -0.05) is 31.2 Å². The zero-order valence-corrected chi connectivity index (χ0v) is 13.0. The molecule has 0 aliphatic carbocycles. The standard InChI is InChI=1S/C16H23F3N2O/c1-3-6-15-13(8-10-20)9-11-21(15)14(4-2)7-5-12-22-16(17,18)19/h4-8H,3,9-12,20H2,1-2H3/b7-5-,13-8-,14-4+,15-6+. The van der Waals surface area contributed by atoms with Gasteiger partial charge >= 0.3 is 6.36 Å². The molecular formula is C16H23F3N2O. The minimum absolute atomic E-state index is 0.477. The monoisotopic (exact) mass is 316 g/mol. The zero-order valence-electron chi connectivity index (χ0n) is 13.0. The minimum Gasteiger partial charge on any atom is -0.341 e. The van der Waals surface area contributed by atoms with Crippen LogP contribution in [-0.2, 0) is 4.74 Å². The van der Waals surface area contributed by atoms with Crippen molar-refractivity contribution in [2.45, 2.75) is 33.1 Å². The molecule has 6 heteroatoms. The Morgan fingerprint density at radius 3 is 2.64 bits per heavy atom. The smallest absolute Gasteiger partial charge is 0.341 e. The number of likely N-dealkylation sites (tertiary alicyclic amines) is 1. The van der Waals surface area contributed by atoms with Crippen LogP contribution in [0.2, 0.25) is 0 Å². The van der Waals surface area contributed by atoms with Crippen LogP contribution in [0.1, 0.15) is 26.7 Å². The van der Waals surface area contributed by atoms with E-state index in [4.69, 9.17) is 5.73 Å². The summed E-state index contributed by atoms with van der Waals surface area (Å²) in [6, 6.07) is 0. The molecule has 0 bridgehead atoms. The fourth-order valence-corrected chi connectivity index (χ4v) is 2.36. The number of nitrogens with two attached hydrogens (primary N) is 1. The Kier molecular flexibility index (Phi) is 7.41. The van der Waals surface area contributed by atoms with Crippen molar-refractivity contribution in [1.29, 1.82) is 0 Å². The number of rotatable bonds is 6. The molecule has 0 atom stereocenters. The molecule has 0 radical (unpaired) electrons. The first-order valence-electron chi connectivity index (χ1n) is 7.33. The molecular weight excluding hydrogens is 293 g/mol. The van der Waals surface area contributed by atoms with Gasteiger partial charge in [0.2, 0.25) is 0 Å². The number of ether oxygens (including phenoxy) is 1. The molecule has 1 saturated heterocycles. The van der Waals surface area contributed by atoms with E-state index in [9.17, 15) is 13.2 Å². The lowest BCUT2D eigenvalue weighted by Crippen LogP contribution is -2.17. The highest BCUT2D eigenvalue weighted by atomic mass is 19.4. The van der Waals surface area contributed by atoms with Gasteiger partial charge in [0.15, 0.2) is 0 Å². The summed E-state index contributed by atoms with van der Waals surface area (Å²) in [6.45, 7) is 4.68. The first-order chi connectivity index (χ1) is 10.4. The molecule has 0 amide bonds. The van der Waals surface area contributed by atoms with Crippen LogP contribution in [-0.4, -0.2) is 31.0 Å². The van der Waals surface area contributed by atoms with Crippen molar-refractivity contribution in [2.24, 2.45) is 5.73 Å². The number of hydrogen-bond acceptors (Lipinski definition) is 3. The van der Waals surface area contributed by atoms with Gasteiger partial charge < -0.3 is 10.6 Å². The molecule has 3 nitrogen and oxygen atoms in total. The predicted octanol–water partition coefficient (Wildman–Crippen LogP) is 3.87. The molecule has 1 rings (SSSR count). The van der Waals surface area contributed by atoms with Crippen molar-refractivity contribution in [3.05, 3.63) is 47.3 Å². The highest BCUT2D eigenvalue weighted by molar-refractivity contribution is 5.40. The van der Waals surface area contributed by atoms with Crippen LogP contribution in [0, 0.1) is 0 Å². The predicted molar refractivity (Wildman–Crippen MR) is 81.7 cm³/mol. The van der Waals surface area contributed by atoms with Gasteiger partial charge in [0, 0.05) is 24.5 Å². The fraction of sp³-hybridized carbons (Fsp3) is 0.500. The highest BCUT2D eigenvalue weighted by Gasteiger charge is 2.28. The van der Waals surface area contributed by atoms with E-state index < -0.39 is 13.0 Å². The topological polar surface area (TPSA) is 38.5 Å². The van der Waals surface area contributed by atoms with E-state index in [2.05, 4.69) is 15.7 Å². The maximum absolute atomic E-state index is 12.0. The van der Waals surface area contributed by atoms with Crippen molar-refractivity contribution in [1.82, 2.24) is 4.90 Å². The van der Waals surface area contributed by atoms with Crippen LogP contribution in [0.4, 0.5) is 13.2 Å². The summed E-state index contributed by atoms with van der Waals surface area (Å²) in [7, 11) is 0. The summed E-state index contributed by atoms with van der Waals surface area (Å²) < 4.78 is 39.6. The molecule has 1 aliphatic heterocycles. The van der Waals surface area contributed by atoms with Gasteiger partial charge in [0.25, 0.3) is 0 Å². The Morgan fingerprint density at radius 1 is 1.36 bits per heavy atom. The fourth-order valence-electron chi connectivity index (χ4n) is 2.36. The molecule has 1 heterocycles. The number of nitrogens with zero attached hydrogens (tertiary/aromatic N) is 1. The van der Waals surface area contributed by atoms with Gasteiger partial charge in [-0.15, -0.1) is 13.2 Å². The molecule has 0 spiro atoms. The second-order valence-electron chi connectivity index (χ2n) is 4.74. The van der Waals surface area contributed by atoms with Crippen LogP contribution < -0.4 is 5.73 Å². The van der Waals surface area contributed by atoms with E-state index in [1.54, 1.807) is 6.08 Å². The Labute approximate surface area is 129 Å². The average molecular weight is 316 g/mol. The Balaban J connectivity index is 2.80. The first kappa shape index (κ1) is 18.5. The van der Waals surface area contributed by atoms with E-state index in [0.717, 1.165) is 30.8 Å². The second kappa shape index (κ2) is 8.80. The van der Waals surface area contributed by atoms with E-state index in [0.29, 0.717) is 6.54 Å². The normalized spacial score (nSPS) is 20.8. The van der Waals surface area contributed by atoms with Gasteiger partial charge in [0.05, 0.1) is 6.61 Å². The van der Waals surface area contributed by atoms with Crippen LogP contribution in [0.3, 0.4) is 0 Å². The minimum atomic E-state index is -4.60. The summed E-state index contributed by atoms with van der Waals surface area (Å²) in [4.78, 5) is 2.09. The molecule has 0 unspecified atom stereocenters. The molecule has 0 aromatic rings. The van der Waals surface area contributed by atoms with Gasteiger partial charge in [-0.3, -0.25) is 4.74 Å². The summed E-state index contributed by atoms with van der Waals surface area (Å²) in [5, 5.41) is 0. The van der Waals surface area contributed by atoms with Crippen LogP contribution in [0.25, 0.3) is 0 Å². The Hall–Kier alpha value is -1.53. The van der Waals surface area contributed by atoms with Crippen molar-refractivity contribution in [3.8, 4) is 0 Å². The van der Waals surface area contributed by atoms with Gasteiger partial charge in [-0.2, -0.15) is 0 Å². The lowest BCUT2D eigenvalue weighted by Gasteiger charge is -2.21. The molecule has 0 aromatic heterocycles. The molecule has 1 aliphatic rings. The molecule has 22 heavy (non-hydrogen) atoms. The lowest BCUT2D eigenvalue weighted by molar-refractivity contribution is -0.319. The summed E-state index contributed by atoms with van der Waals surface area (Å²) >= 11 is 0. The number of hydrogen-bond donors (Lipinski definition) is 1. The van der Waals surface area contributed by atoms with E-state index >= 15 is 0 Å². The number of alkyl halides is 3. The summed E-state index contributed by atoms with van der Waals surface area (Å²) in [5.41, 5.74) is 8.71. The quantitative estimate of drug-likeness (QED) is 0.756. The maximum atomic E-state index is 12.0. The van der Waals surface area contributed by atoms with Crippen LogP contribution in [0.5, 0.6) is 0 Å². The SMILES string of the molecule is C/C=C(\C=C/COC(F)(F)F)N1CCC(=C/CN)/C1=C\CC. The molecule has 0 aromatic carbocycles. The lowest BCUT2D eigenvalue weighted by atomic mass is 10.1. The Bertz CT molecular complexity index is 476. The largest absolute Gasteiger partial charge is 0.522 e. The third-order valence-electron chi connectivity index (χ3n) is 3.23. The number of allylic oxidation sites excluding steroid dienone is 4. The zero-order chi connectivity index (χ0) is 16.6. The summed E-state index contributed by atoms with van der Waals surface area (Å²) in [6.07, 6.45) is 6.16. The van der Waals surface area contributed by atoms with Gasteiger partial charge in [0.1, 0.15) is 0 Å².